The van der Waals surface area contributed by atoms with E-state index in [0.29, 0.717) is 12.1 Å². The molecule has 6 nitrogen and oxygen atoms in total. The smallest absolute Gasteiger partial charge is 0.298 e. The number of hydrogen-bond donors (Lipinski definition) is 2. The standard InChI is InChI=1S/C10H13N3O3S/c1-11-17(15,16)12-8-3-4-9-7(5-8)6-10(14)13(9)2/h3-5,11-12H,6H2,1-2H3. The van der Waals surface area contributed by atoms with E-state index in [1.807, 2.05) is 0 Å². The molecule has 7 heteroatoms. The Labute approximate surface area is 99.8 Å². The zero-order valence-electron chi connectivity index (χ0n) is 9.52. The maximum absolute atomic E-state index is 11.5. The monoisotopic (exact) mass is 255 g/mol. The second-order valence-corrected chi connectivity index (χ2v) is 5.40. The molecular formula is C10H13N3O3S. The van der Waals surface area contributed by atoms with E-state index in [1.54, 1.807) is 30.1 Å². The molecule has 2 N–H and O–H groups in total. The van der Waals surface area contributed by atoms with Crippen molar-refractivity contribution in [3.63, 3.8) is 0 Å². The Kier molecular flexibility index (Phi) is 2.80. The molecule has 0 fully saturated rings. The first-order chi connectivity index (χ1) is 7.93. The Balaban J connectivity index is 2.31. The Morgan fingerprint density at radius 1 is 1.35 bits per heavy atom. The van der Waals surface area contributed by atoms with Gasteiger partial charge in [0.25, 0.3) is 10.2 Å². The number of nitrogens with zero attached hydrogens (tertiary/aromatic N) is 1. The van der Waals surface area contributed by atoms with Crippen molar-refractivity contribution >= 4 is 27.5 Å². The molecule has 0 spiro atoms. The van der Waals surface area contributed by atoms with Gasteiger partial charge in [-0.15, -0.1) is 0 Å². The number of carbonyl (C=O) groups is 1. The molecule has 2 rings (SSSR count). The summed E-state index contributed by atoms with van der Waals surface area (Å²) >= 11 is 0. The Morgan fingerprint density at radius 2 is 2.06 bits per heavy atom. The Bertz CT molecular complexity index is 568. The first-order valence-corrected chi connectivity index (χ1v) is 6.52. The van der Waals surface area contributed by atoms with Gasteiger partial charge in [-0.05, 0) is 23.8 Å². The number of carbonyl (C=O) groups excluding carboxylic acids is 1. The van der Waals surface area contributed by atoms with Crippen molar-refractivity contribution in [2.45, 2.75) is 6.42 Å². The van der Waals surface area contributed by atoms with E-state index >= 15 is 0 Å². The maximum atomic E-state index is 11.5. The van der Waals surface area contributed by atoms with Gasteiger partial charge in [-0.1, -0.05) is 0 Å². The van der Waals surface area contributed by atoms with Crippen molar-refractivity contribution in [2.75, 3.05) is 23.7 Å². The van der Waals surface area contributed by atoms with Gasteiger partial charge in [0.2, 0.25) is 5.91 Å². The van der Waals surface area contributed by atoms with Crippen molar-refractivity contribution in [3.8, 4) is 0 Å². The quantitative estimate of drug-likeness (QED) is 0.803. The van der Waals surface area contributed by atoms with Gasteiger partial charge in [-0.25, -0.2) is 4.72 Å². The fraction of sp³-hybridized carbons (Fsp3) is 0.300. The fourth-order valence-electron chi connectivity index (χ4n) is 1.74. The van der Waals surface area contributed by atoms with Crippen LogP contribution in [0.25, 0.3) is 0 Å². The van der Waals surface area contributed by atoms with Crippen LogP contribution in [0.5, 0.6) is 0 Å². The van der Waals surface area contributed by atoms with Crippen LogP contribution in [0, 0.1) is 0 Å². The van der Waals surface area contributed by atoms with E-state index in [9.17, 15) is 13.2 Å². The van der Waals surface area contributed by atoms with E-state index in [0.717, 1.165) is 11.3 Å². The summed E-state index contributed by atoms with van der Waals surface area (Å²) < 4.78 is 27.1. The highest BCUT2D eigenvalue weighted by Crippen LogP contribution is 2.30. The van der Waals surface area contributed by atoms with Crippen molar-refractivity contribution in [3.05, 3.63) is 23.8 Å². The van der Waals surface area contributed by atoms with Crippen molar-refractivity contribution < 1.29 is 13.2 Å². The molecule has 0 saturated heterocycles. The van der Waals surface area contributed by atoms with E-state index < -0.39 is 10.2 Å². The first-order valence-electron chi connectivity index (χ1n) is 5.04. The SMILES string of the molecule is CNS(=O)(=O)Nc1ccc2c(c1)CC(=O)N2C. The molecule has 0 bridgehead atoms. The zero-order chi connectivity index (χ0) is 12.6. The predicted octanol–water partition coefficient (Wildman–Crippen LogP) is 0.0816. The summed E-state index contributed by atoms with van der Waals surface area (Å²) in [7, 11) is -0.489. The van der Waals surface area contributed by atoms with Crippen LogP contribution in [0.3, 0.4) is 0 Å². The molecule has 1 aromatic rings. The third kappa shape index (κ3) is 2.25. The maximum Gasteiger partial charge on any atom is 0.298 e. The minimum Gasteiger partial charge on any atom is -0.315 e. The van der Waals surface area contributed by atoms with Crippen molar-refractivity contribution in [1.29, 1.82) is 0 Å². The minimum absolute atomic E-state index is 0.00798. The zero-order valence-corrected chi connectivity index (χ0v) is 10.3. The second kappa shape index (κ2) is 4.01. The normalized spacial score (nSPS) is 14.9. The van der Waals surface area contributed by atoms with Gasteiger partial charge in [0.1, 0.15) is 0 Å². The Morgan fingerprint density at radius 3 is 2.71 bits per heavy atom. The lowest BCUT2D eigenvalue weighted by Crippen LogP contribution is -2.26. The molecule has 0 saturated carbocycles. The van der Waals surface area contributed by atoms with Gasteiger partial charge in [0.05, 0.1) is 12.1 Å². The van der Waals surface area contributed by atoms with Gasteiger partial charge in [0, 0.05) is 19.8 Å². The number of likely N-dealkylation sites (N-methyl/N-ethyl adjacent to an activating group) is 1. The molecule has 1 aromatic carbocycles. The highest BCUT2D eigenvalue weighted by molar-refractivity contribution is 7.90. The summed E-state index contributed by atoms with van der Waals surface area (Å²) in [5.41, 5.74) is 2.09. The molecule has 1 heterocycles. The topological polar surface area (TPSA) is 78.5 Å². The summed E-state index contributed by atoms with van der Waals surface area (Å²) in [6.07, 6.45) is 0.307. The van der Waals surface area contributed by atoms with Crippen LogP contribution in [0.1, 0.15) is 5.56 Å². The highest BCUT2D eigenvalue weighted by atomic mass is 32.2. The van der Waals surface area contributed by atoms with Gasteiger partial charge in [-0.3, -0.25) is 9.52 Å². The van der Waals surface area contributed by atoms with Gasteiger partial charge < -0.3 is 4.90 Å². The molecular weight excluding hydrogens is 242 g/mol. The number of anilines is 2. The summed E-state index contributed by atoms with van der Waals surface area (Å²) in [6, 6.07) is 5.03. The van der Waals surface area contributed by atoms with Crippen LogP contribution in [0.2, 0.25) is 0 Å². The largest absolute Gasteiger partial charge is 0.315 e. The summed E-state index contributed by atoms with van der Waals surface area (Å²) in [4.78, 5) is 13.0. The molecule has 92 valence electrons. The number of amides is 1. The van der Waals surface area contributed by atoms with Gasteiger partial charge in [0.15, 0.2) is 0 Å². The molecule has 1 aliphatic rings. The lowest BCUT2D eigenvalue weighted by molar-refractivity contribution is -0.117. The predicted molar refractivity (Wildman–Crippen MR) is 65.2 cm³/mol. The molecule has 0 radical (unpaired) electrons. The highest BCUT2D eigenvalue weighted by Gasteiger charge is 2.24. The molecule has 0 unspecified atom stereocenters. The first kappa shape index (κ1) is 11.9. The number of benzene rings is 1. The van der Waals surface area contributed by atoms with E-state index in [2.05, 4.69) is 9.44 Å². The van der Waals surface area contributed by atoms with E-state index in [1.165, 1.54) is 7.05 Å². The second-order valence-electron chi connectivity index (χ2n) is 3.78. The van der Waals surface area contributed by atoms with Gasteiger partial charge >= 0.3 is 0 Å². The molecule has 17 heavy (non-hydrogen) atoms. The van der Waals surface area contributed by atoms with Crippen LogP contribution in [0.15, 0.2) is 18.2 Å². The third-order valence-electron chi connectivity index (χ3n) is 2.68. The number of fused-ring (bicyclic) bond motifs is 1. The average Bonchev–Trinajstić information content (AvgIpc) is 2.54. The van der Waals surface area contributed by atoms with Gasteiger partial charge in [-0.2, -0.15) is 8.42 Å². The minimum atomic E-state index is -3.52. The van der Waals surface area contributed by atoms with Crippen LogP contribution < -0.4 is 14.3 Å². The summed E-state index contributed by atoms with van der Waals surface area (Å²) in [5, 5.41) is 0. The molecule has 0 aliphatic carbocycles. The van der Waals surface area contributed by atoms with Crippen molar-refractivity contribution in [2.24, 2.45) is 0 Å². The number of nitrogens with one attached hydrogen (secondary N) is 2. The summed E-state index contributed by atoms with van der Waals surface area (Å²) in [6.45, 7) is 0. The van der Waals surface area contributed by atoms with Crippen LogP contribution in [0.4, 0.5) is 11.4 Å². The van der Waals surface area contributed by atoms with Crippen LogP contribution in [-0.2, 0) is 21.4 Å². The molecule has 1 amide bonds. The van der Waals surface area contributed by atoms with Crippen LogP contribution in [-0.4, -0.2) is 28.4 Å². The third-order valence-corrected chi connectivity index (χ3v) is 3.72. The van der Waals surface area contributed by atoms with E-state index in [-0.39, 0.29) is 5.91 Å². The Hall–Kier alpha value is -1.60. The van der Waals surface area contributed by atoms with Crippen LogP contribution >= 0.6 is 0 Å². The lowest BCUT2D eigenvalue weighted by atomic mass is 10.1. The number of rotatable bonds is 3. The average molecular weight is 255 g/mol. The number of hydrogen-bond acceptors (Lipinski definition) is 3. The lowest BCUT2D eigenvalue weighted by Gasteiger charge is -2.11. The molecule has 0 aromatic heterocycles. The molecule has 1 aliphatic heterocycles. The molecule has 0 atom stereocenters. The fourth-order valence-corrected chi connectivity index (χ4v) is 2.28. The van der Waals surface area contributed by atoms with Crippen molar-refractivity contribution in [1.82, 2.24) is 4.72 Å². The van der Waals surface area contributed by atoms with E-state index in [4.69, 9.17) is 0 Å². The summed E-state index contributed by atoms with van der Waals surface area (Å²) in [5.74, 6) is 0.00798.